The smallest absolute Gasteiger partial charge is 0.322 e. The monoisotopic (exact) mass is 356 g/mol. The van der Waals surface area contributed by atoms with Gasteiger partial charge in [-0.15, -0.1) is 0 Å². The van der Waals surface area contributed by atoms with E-state index in [4.69, 9.17) is 4.74 Å². The van der Waals surface area contributed by atoms with Crippen LogP contribution in [0.1, 0.15) is 25.5 Å². The summed E-state index contributed by atoms with van der Waals surface area (Å²) in [6, 6.07) is 11.1. The molecule has 0 radical (unpaired) electrons. The van der Waals surface area contributed by atoms with Crippen LogP contribution in [0.25, 0.3) is 0 Å². The average molecular weight is 356 g/mol. The van der Waals surface area contributed by atoms with Gasteiger partial charge in [0.15, 0.2) is 0 Å². The Bertz CT molecular complexity index is 674. The number of rotatable bonds is 8. The molecule has 140 valence electrons. The lowest BCUT2D eigenvalue weighted by atomic mass is 10.1. The first-order valence-corrected chi connectivity index (χ1v) is 8.86. The standard InChI is InChI=1S/C20H28N4O2/c1-5-26-19-8-6-18(7-9-19)22-20(25)24(15-14-23(3)4)16(2)17-10-12-21-13-11-17/h6-13,16H,5,14-15H2,1-4H3,(H,22,25)/t16-/m1/s1. The molecule has 1 atom stereocenters. The van der Waals surface area contributed by atoms with Gasteiger partial charge in [0, 0.05) is 31.2 Å². The molecule has 0 aliphatic heterocycles. The lowest BCUT2D eigenvalue weighted by Gasteiger charge is -2.30. The van der Waals surface area contributed by atoms with Crippen LogP contribution in [0.5, 0.6) is 5.75 Å². The van der Waals surface area contributed by atoms with Gasteiger partial charge < -0.3 is 19.9 Å². The number of ether oxygens (including phenoxy) is 1. The minimum atomic E-state index is -0.125. The van der Waals surface area contributed by atoms with Gasteiger partial charge in [0.05, 0.1) is 12.6 Å². The van der Waals surface area contributed by atoms with Crippen LogP contribution in [0.4, 0.5) is 10.5 Å². The summed E-state index contributed by atoms with van der Waals surface area (Å²) in [4.78, 5) is 20.9. The van der Waals surface area contributed by atoms with Gasteiger partial charge in [-0.3, -0.25) is 4.98 Å². The number of carbonyl (C=O) groups is 1. The van der Waals surface area contributed by atoms with Crippen molar-refractivity contribution in [2.45, 2.75) is 19.9 Å². The second kappa shape index (κ2) is 9.77. The number of urea groups is 1. The number of aromatic nitrogens is 1. The summed E-state index contributed by atoms with van der Waals surface area (Å²) in [6.07, 6.45) is 3.50. The molecule has 0 spiro atoms. The number of nitrogens with zero attached hydrogens (tertiary/aromatic N) is 3. The zero-order valence-corrected chi connectivity index (χ0v) is 16.0. The van der Waals surface area contributed by atoms with Gasteiger partial charge in [0.2, 0.25) is 0 Å². The van der Waals surface area contributed by atoms with Gasteiger partial charge >= 0.3 is 6.03 Å². The lowest BCUT2D eigenvalue weighted by molar-refractivity contribution is 0.185. The molecule has 1 aromatic carbocycles. The van der Waals surface area contributed by atoms with E-state index in [9.17, 15) is 4.79 Å². The number of carbonyl (C=O) groups excluding carboxylic acids is 1. The Morgan fingerprint density at radius 2 is 1.77 bits per heavy atom. The summed E-state index contributed by atoms with van der Waals surface area (Å²) in [5, 5.41) is 2.98. The maximum absolute atomic E-state index is 12.9. The van der Waals surface area contributed by atoms with Crippen molar-refractivity contribution in [2.24, 2.45) is 0 Å². The summed E-state index contributed by atoms with van der Waals surface area (Å²) < 4.78 is 5.44. The van der Waals surface area contributed by atoms with Gasteiger partial charge in [0.1, 0.15) is 5.75 Å². The van der Waals surface area contributed by atoms with Gasteiger partial charge in [-0.1, -0.05) is 0 Å². The first-order valence-electron chi connectivity index (χ1n) is 8.86. The van der Waals surface area contributed by atoms with E-state index in [1.54, 1.807) is 12.4 Å². The van der Waals surface area contributed by atoms with Crippen molar-refractivity contribution in [1.82, 2.24) is 14.8 Å². The fraction of sp³-hybridized carbons (Fsp3) is 0.400. The Morgan fingerprint density at radius 1 is 1.12 bits per heavy atom. The molecule has 6 heteroatoms. The van der Waals surface area contributed by atoms with E-state index in [0.29, 0.717) is 13.2 Å². The van der Waals surface area contributed by atoms with Crippen LogP contribution in [-0.2, 0) is 0 Å². The topological polar surface area (TPSA) is 57.7 Å². The first-order chi connectivity index (χ1) is 12.5. The molecule has 0 aliphatic rings. The second-order valence-electron chi connectivity index (χ2n) is 6.34. The molecule has 0 saturated heterocycles. The van der Waals surface area contributed by atoms with Crippen LogP contribution in [0.15, 0.2) is 48.8 Å². The molecule has 2 aromatic rings. The van der Waals surface area contributed by atoms with E-state index in [0.717, 1.165) is 23.5 Å². The third kappa shape index (κ3) is 5.74. The summed E-state index contributed by atoms with van der Waals surface area (Å²) in [7, 11) is 4.00. The minimum Gasteiger partial charge on any atom is -0.494 e. The molecule has 1 aromatic heterocycles. The van der Waals surface area contributed by atoms with Crippen molar-refractivity contribution in [2.75, 3.05) is 39.1 Å². The highest BCUT2D eigenvalue weighted by Crippen LogP contribution is 2.21. The van der Waals surface area contributed by atoms with Crippen molar-refractivity contribution in [3.05, 3.63) is 54.4 Å². The van der Waals surface area contributed by atoms with Crippen LogP contribution < -0.4 is 10.1 Å². The summed E-state index contributed by atoms with van der Waals surface area (Å²) in [6.45, 7) is 6.00. The van der Waals surface area contributed by atoms with Gasteiger partial charge in [-0.2, -0.15) is 0 Å². The maximum Gasteiger partial charge on any atom is 0.322 e. The number of anilines is 1. The number of pyridine rings is 1. The fourth-order valence-electron chi connectivity index (χ4n) is 2.60. The predicted octanol–water partition coefficient (Wildman–Crippen LogP) is 3.64. The number of nitrogens with one attached hydrogen (secondary N) is 1. The highest BCUT2D eigenvalue weighted by atomic mass is 16.5. The van der Waals surface area contributed by atoms with Crippen molar-refractivity contribution >= 4 is 11.7 Å². The SMILES string of the molecule is CCOc1ccc(NC(=O)N(CCN(C)C)[C@H](C)c2ccncc2)cc1. The van der Waals surface area contributed by atoms with Crippen LogP contribution in [-0.4, -0.2) is 54.6 Å². The van der Waals surface area contributed by atoms with Crippen LogP contribution in [0.3, 0.4) is 0 Å². The van der Waals surface area contributed by atoms with Crippen molar-refractivity contribution in [3.63, 3.8) is 0 Å². The molecule has 0 aliphatic carbocycles. The third-order valence-corrected chi connectivity index (χ3v) is 4.12. The van der Waals surface area contributed by atoms with Gasteiger partial charge in [-0.05, 0) is 69.9 Å². The molecule has 2 rings (SSSR count). The average Bonchev–Trinajstić information content (AvgIpc) is 2.64. The summed E-state index contributed by atoms with van der Waals surface area (Å²) in [5.74, 6) is 0.792. The Balaban J connectivity index is 2.11. The van der Waals surface area contributed by atoms with E-state index in [1.807, 2.05) is 69.2 Å². The molecular formula is C20H28N4O2. The van der Waals surface area contributed by atoms with Gasteiger partial charge in [-0.25, -0.2) is 4.79 Å². The minimum absolute atomic E-state index is 0.0550. The van der Waals surface area contributed by atoms with Crippen molar-refractivity contribution < 1.29 is 9.53 Å². The van der Waals surface area contributed by atoms with E-state index in [2.05, 4.69) is 15.2 Å². The number of amides is 2. The largest absolute Gasteiger partial charge is 0.494 e. The number of likely N-dealkylation sites (N-methyl/N-ethyl adjacent to an activating group) is 1. The lowest BCUT2D eigenvalue weighted by Crippen LogP contribution is -2.41. The Hall–Kier alpha value is -2.60. The maximum atomic E-state index is 12.9. The predicted molar refractivity (Wildman–Crippen MR) is 105 cm³/mol. The Morgan fingerprint density at radius 3 is 2.35 bits per heavy atom. The van der Waals surface area contributed by atoms with Crippen molar-refractivity contribution in [3.8, 4) is 5.75 Å². The molecule has 1 heterocycles. The van der Waals surface area contributed by atoms with Gasteiger partial charge in [0.25, 0.3) is 0 Å². The Kier molecular flexibility index (Phi) is 7.41. The van der Waals surface area contributed by atoms with Crippen LogP contribution >= 0.6 is 0 Å². The van der Waals surface area contributed by atoms with Crippen LogP contribution in [0.2, 0.25) is 0 Å². The molecule has 26 heavy (non-hydrogen) atoms. The van der Waals surface area contributed by atoms with E-state index in [1.165, 1.54) is 0 Å². The molecule has 1 N–H and O–H groups in total. The van der Waals surface area contributed by atoms with E-state index < -0.39 is 0 Å². The molecule has 6 nitrogen and oxygen atoms in total. The third-order valence-electron chi connectivity index (χ3n) is 4.12. The Labute approximate surface area is 155 Å². The molecular weight excluding hydrogens is 328 g/mol. The first kappa shape index (κ1) is 19.7. The molecule has 0 unspecified atom stereocenters. The zero-order chi connectivity index (χ0) is 18.9. The fourth-order valence-corrected chi connectivity index (χ4v) is 2.60. The normalized spacial score (nSPS) is 11.9. The summed E-state index contributed by atoms with van der Waals surface area (Å²) >= 11 is 0. The number of hydrogen-bond acceptors (Lipinski definition) is 4. The second-order valence-corrected chi connectivity index (χ2v) is 6.34. The highest BCUT2D eigenvalue weighted by Gasteiger charge is 2.21. The molecule has 2 amide bonds. The number of benzene rings is 1. The molecule has 0 saturated carbocycles. The van der Waals surface area contributed by atoms with E-state index >= 15 is 0 Å². The summed E-state index contributed by atoms with van der Waals surface area (Å²) in [5.41, 5.74) is 1.80. The molecule has 0 fully saturated rings. The van der Waals surface area contributed by atoms with Crippen molar-refractivity contribution in [1.29, 1.82) is 0 Å². The quantitative estimate of drug-likeness (QED) is 0.785. The highest BCUT2D eigenvalue weighted by molar-refractivity contribution is 5.89. The zero-order valence-electron chi connectivity index (χ0n) is 16.0. The number of hydrogen-bond donors (Lipinski definition) is 1. The molecule has 0 bridgehead atoms. The van der Waals surface area contributed by atoms with Crippen LogP contribution in [0, 0.1) is 0 Å². The van der Waals surface area contributed by atoms with E-state index in [-0.39, 0.29) is 12.1 Å².